The molecule has 0 radical (unpaired) electrons. The summed E-state index contributed by atoms with van der Waals surface area (Å²) in [5.74, 6) is 0. The monoisotopic (exact) mass is 200 g/mol. The largest absolute Gasteiger partial charge is 0.391 e. The smallest absolute Gasteiger partial charge is 0.183 e. The molecule has 1 aromatic rings. The molecule has 0 bridgehead atoms. The lowest BCUT2D eigenvalue weighted by atomic mass is 10.3. The minimum atomic E-state index is -0.274. The third-order valence-electron chi connectivity index (χ3n) is 1.99. The molecule has 1 rings (SSSR count). The third-order valence-corrected chi connectivity index (χ3v) is 3.02. The van der Waals surface area contributed by atoms with Crippen LogP contribution in [0.25, 0.3) is 0 Å². The summed E-state index contributed by atoms with van der Waals surface area (Å²) >= 11 is 1.63. The van der Waals surface area contributed by atoms with Crippen molar-refractivity contribution in [2.45, 2.75) is 33.3 Å². The Balaban J connectivity index is 2.45. The first-order valence-electron chi connectivity index (χ1n) is 4.49. The van der Waals surface area contributed by atoms with Crippen molar-refractivity contribution in [2.24, 2.45) is 0 Å². The molecule has 0 amide bonds. The molecular weight excluding hydrogens is 184 g/mol. The maximum absolute atomic E-state index is 9.31. The zero-order valence-corrected chi connectivity index (χ0v) is 9.11. The average molecular weight is 200 g/mol. The molecule has 74 valence electrons. The number of anilines is 1. The number of hydrogen-bond donors (Lipinski definition) is 2. The van der Waals surface area contributed by atoms with E-state index in [0.29, 0.717) is 6.54 Å². The fourth-order valence-corrected chi connectivity index (χ4v) is 1.72. The molecule has 0 aliphatic heterocycles. The Morgan fingerprint density at radius 1 is 1.54 bits per heavy atom. The summed E-state index contributed by atoms with van der Waals surface area (Å²) in [6.07, 6.45) is 0.501. The molecule has 1 aromatic heterocycles. The Bertz CT molecular complexity index is 253. The third kappa shape index (κ3) is 2.97. The zero-order chi connectivity index (χ0) is 9.84. The van der Waals surface area contributed by atoms with Gasteiger partial charge in [0.1, 0.15) is 0 Å². The first-order chi connectivity index (χ1) is 6.13. The molecule has 0 aromatic carbocycles. The van der Waals surface area contributed by atoms with Crippen LogP contribution in [0.5, 0.6) is 0 Å². The molecule has 0 aliphatic rings. The minimum Gasteiger partial charge on any atom is -0.391 e. The number of hydrogen-bond acceptors (Lipinski definition) is 4. The van der Waals surface area contributed by atoms with Crippen LogP contribution in [0.15, 0.2) is 0 Å². The van der Waals surface area contributed by atoms with Gasteiger partial charge in [0.05, 0.1) is 11.8 Å². The summed E-state index contributed by atoms with van der Waals surface area (Å²) in [4.78, 5) is 5.54. The van der Waals surface area contributed by atoms with Crippen LogP contribution in [0.2, 0.25) is 0 Å². The second-order valence-electron chi connectivity index (χ2n) is 3.10. The molecule has 0 saturated heterocycles. The normalized spacial score (nSPS) is 12.9. The highest BCUT2D eigenvalue weighted by molar-refractivity contribution is 7.15. The number of nitrogens with one attached hydrogen (secondary N) is 1. The topological polar surface area (TPSA) is 45.1 Å². The predicted molar refractivity (Wildman–Crippen MR) is 56.4 cm³/mol. The Morgan fingerprint density at radius 2 is 2.23 bits per heavy atom. The van der Waals surface area contributed by atoms with Crippen LogP contribution in [0, 0.1) is 13.8 Å². The maximum Gasteiger partial charge on any atom is 0.183 e. The minimum absolute atomic E-state index is 0.274. The number of rotatable bonds is 4. The van der Waals surface area contributed by atoms with Gasteiger partial charge in [-0.2, -0.15) is 0 Å². The first-order valence-corrected chi connectivity index (χ1v) is 5.31. The molecule has 2 N–H and O–H groups in total. The van der Waals surface area contributed by atoms with E-state index in [1.165, 1.54) is 4.88 Å². The summed E-state index contributed by atoms with van der Waals surface area (Å²) in [6, 6.07) is 0. The Labute approximate surface area is 82.8 Å². The van der Waals surface area contributed by atoms with Crippen molar-refractivity contribution in [3.05, 3.63) is 10.6 Å². The second-order valence-corrected chi connectivity index (χ2v) is 4.31. The van der Waals surface area contributed by atoms with Crippen LogP contribution in [-0.2, 0) is 0 Å². The number of aliphatic hydroxyl groups is 1. The van der Waals surface area contributed by atoms with Gasteiger partial charge in [-0.15, -0.1) is 11.3 Å². The number of aromatic nitrogens is 1. The molecular formula is C9H16N2OS. The fourth-order valence-electron chi connectivity index (χ4n) is 0.898. The summed E-state index contributed by atoms with van der Waals surface area (Å²) in [5.41, 5.74) is 1.07. The summed E-state index contributed by atoms with van der Waals surface area (Å²) < 4.78 is 0. The van der Waals surface area contributed by atoms with E-state index in [1.54, 1.807) is 11.3 Å². The maximum atomic E-state index is 9.31. The van der Waals surface area contributed by atoms with Crippen molar-refractivity contribution in [3.8, 4) is 0 Å². The van der Waals surface area contributed by atoms with Crippen LogP contribution >= 0.6 is 11.3 Å². The van der Waals surface area contributed by atoms with E-state index in [2.05, 4.69) is 17.2 Å². The SMILES string of the molecule is CC[C@H](O)CNc1nc(C)c(C)s1. The van der Waals surface area contributed by atoms with Crippen LogP contribution in [0.1, 0.15) is 23.9 Å². The van der Waals surface area contributed by atoms with Crippen molar-refractivity contribution in [1.82, 2.24) is 4.98 Å². The van der Waals surface area contributed by atoms with Gasteiger partial charge in [0.25, 0.3) is 0 Å². The van der Waals surface area contributed by atoms with E-state index in [0.717, 1.165) is 17.2 Å². The molecule has 1 heterocycles. The Kier molecular flexibility index (Phi) is 3.69. The van der Waals surface area contributed by atoms with Crippen molar-refractivity contribution in [1.29, 1.82) is 0 Å². The summed E-state index contributed by atoms with van der Waals surface area (Å²) in [7, 11) is 0. The van der Waals surface area contributed by atoms with Gasteiger partial charge in [0.15, 0.2) is 5.13 Å². The molecule has 0 aliphatic carbocycles. The first kappa shape index (κ1) is 10.5. The highest BCUT2D eigenvalue weighted by atomic mass is 32.1. The highest BCUT2D eigenvalue weighted by Gasteiger charge is 2.04. The van der Waals surface area contributed by atoms with Gasteiger partial charge in [0.2, 0.25) is 0 Å². The van der Waals surface area contributed by atoms with E-state index in [9.17, 15) is 5.11 Å². The van der Waals surface area contributed by atoms with E-state index in [1.807, 2.05) is 13.8 Å². The van der Waals surface area contributed by atoms with Crippen molar-refractivity contribution in [2.75, 3.05) is 11.9 Å². The van der Waals surface area contributed by atoms with E-state index >= 15 is 0 Å². The van der Waals surface area contributed by atoms with Crippen LogP contribution in [-0.4, -0.2) is 22.7 Å². The quantitative estimate of drug-likeness (QED) is 0.780. The molecule has 13 heavy (non-hydrogen) atoms. The molecule has 3 nitrogen and oxygen atoms in total. The number of nitrogens with zero attached hydrogens (tertiary/aromatic N) is 1. The van der Waals surface area contributed by atoms with E-state index in [-0.39, 0.29) is 6.10 Å². The van der Waals surface area contributed by atoms with Gasteiger partial charge < -0.3 is 10.4 Å². The van der Waals surface area contributed by atoms with E-state index < -0.39 is 0 Å². The summed E-state index contributed by atoms with van der Waals surface area (Å²) in [5, 5.41) is 13.3. The number of thiazole rings is 1. The van der Waals surface area contributed by atoms with Gasteiger partial charge in [0, 0.05) is 11.4 Å². The second kappa shape index (κ2) is 4.58. The molecule has 0 unspecified atom stereocenters. The standard InChI is InChI=1S/C9H16N2OS/c1-4-8(12)5-10-9-11-6(2)7(3)13-9/h8,12H,4-5H2,1-3H3,(H,10,11)/t8-/m0/s1. The molecule has 0 saturated carbocycles. The Hall–Kier alpha value is -0.610. The van der Waals surface area contributed by atoms with Gasteiger partial charge in [-0.25, -0.2) is 4.98 Å². The highest BCUT2D eigenvalue weighted by Crippen LogP contribution is 2.20. The Morgan fingerprint density at radius 3 is 2.69 bits per heavy atom. The average Bonchev–Trinajstić information content (AvgIpc) is 2.42. The molecule has 0 spiro atoms. The number of aryl methyl sites for hydroxylation is 2. The lowest BCUT2D eigenvalue weighted by molar-refractivity contribution is 0.183. The molecule has 0 fully saturated rings. The van der Waals surface area contributed by atoms with Gasteiger partial charge in [-0.3, -0.25) is 0 Å². The van der Waals surface area contributed by atoms with E-state index in [4.69, 9.17) is 0 Å². The van der Waals surface area contributed by atoms with Crippen LogP contribution < -0.4 is 5.32 Å². The predicted octanol–water partition coefficient (Wildman–Crippen LogP) is 1.94. The van der Waals surface area contributed by atoms with Crippen LogP contribution in [0.4, 0.5) is 5.13 Å². The molecule has 1 atom stereocenters. The van der Waals surface area contributed by atoms with Crippen LogP contribution in [0.3, 0.4) is 0 Å². The summed E-state index contributed by atoms with van der Waals surface area (Å²) in [6.45, 7) is 6.59. The van der Waals surface area contributed by atoms with Gasteiger partial charge >= 0.3 is 0 Å². The van der Waals surface area contributed by atoms with Crippen molar-refractivity contribution in [3.63, 3.8) is 0 Å². The van der Waals surface area contributed by atoms with Crippen molar-refractivity contribution >= 4 is 16.5 Å². The van der Waals surface area contributed by atoms with Gasteiger partial charge in [-0.05, 0) is 20.3 Å². The molecule has 4 heteroatoms. The van der Waals surface area contributed by atoms with Gasteiger partial charge in [-0.1, -0.05) is 6.92 Å². The van der Waals surface area contributed by atoms with Crippen molar-refractivity contribution < 1.29 is 5.11 Å². The fraction of sp³-hybridized carbons (Fsp3) is 0.667. The lowest BCUT2D eigenvalue weighted by Gasteiger charge is -2.07. The zero-order valence-electron chi connectivity index (χ0n) is 8.29. The lowest BCUT2D eigenvalue weighted by Crippen LogP contribution is -2.17. The number of aliphatic hydroxyl groups excluding tert-OH is 1.